The number of hydrogen-bond acceptors (Lipinski definition) is 4. The highest BCUT2D eigenvalue weighted by molar-refractivity contribution is 5.89. The Morgan fingerprint density at radius 2 is 1.92 bits per heavy atom. The molecule has 1 saturated heterocycles. The fourth-order valence-corrected chi connectivity index (χ4v) is 2.71. The van der Waals surface area contributed by atoms with Gasteiger partial charge in [0.15, 0.2) is 0 Å². The predicted octanol–water partition coefficient (Wildman–Crippen LogP) is 3.03. The lowest BCUT2D eigenvalue weighted by molar-refractivity contribution is 0.197. The lowest BCUT2D eigenvalue weighted by atomic mass is 10.1. The molecule has 0 spiro atoms. The molecular weight excluding hydrogens is 309 g/mol. The first-order valence-electron chi connectivity index (χ1n) is 7.97. The molecule has 7 heteroatoms. The second-order valence-corrected chi connectivity index (χ2v) is 5.89. The van der Waals surface area contributed by atoms with Gasteiger partial charge in [-0.3, -0.25) is 0 Å². The van der Waals surface area contributed by atoms with Gasteiger partial charge in [0.25, 0.3) is 0 Å². The fraction of sp³-hybridized carbons (Fsp3) is 0.353. The van der Waals surface area contributed by atoms with Crippen LogP contribution in [0, 0.1) is 12.7 Å². The molecule has 6 nitrogen and oxygen atoms in total. The van der Waals surface area contributed by atoms with E-state index < -0.39 is 0 Å². The van der Waals surface area contributed by atoms with Crippen LogP contribution in [0.5, 0.6) is 0 Å². The summed E-state index contributed by atoms with van der Waals surface area (Å²) in [6.45, 7) is 3.25. The smallest absolute Gasteiger partial charge is 0.321 e. The molecule has 0 saturated carbocycles. The maximum Gasteiger partial charge on any atom is 0.321 e. The molecule has 2 heterocycles. The van der Waals surface area contributed by atoms with E-state index in [4.69, 9.17) is 0 Å². The first kappa shape index (κ1) is 16.2. The normalized spacial score (nSPS) is 15.2. The van der Waals surface area contributed by atoms with Gasteiger partial charge in [0, 0.05) is 36.6 Å². The van der Waals surface area contributed by atoms with Gasteiger partial charge in [0.2, 0.25) is 0 Å². The van der Waals surface area contributed by atoms with Gasteiger partial charge in [-0.2, -0.15) is 0 Å². The number of amides is 2. The molecule has 0 aliphatic carbocycles. The van der Waals surface area contributed by atoms with Crippen LogP contribution in [-0.4, -0.2) is 40.0 Å². The summed E-state index contributed by atoms with van der Waals surface area (Å²) in [5, 5.41) is 6.18. The Morgan fingerprint density at radius 1 is 1.21 bits per heavy atom. The largest absolute Gasteiger partial charge is 0.367 e. The summed E-state index contributed by atoms with van der Waals surface area (Å²) >= 11 is 0. The molecule has 0 unspecified atom stereocenters. The molecule has 1 aromatic carbocycles. The zero-order valence-corrected chi connectivity index (χ0v) is 13.5. The number of aryl methyl sites for hydroxylation is 1. The molecule has 1 aliphatic heterocycles. The third-order valence-electron chi connectivity index (χ3n) is 4.03. The maximum atomic E-state index is 12.9. The van der Waals surface area contributed by atoms with Crippen LogP contribution >= 0.6 is 0 Å². The molecule has 1 aromatic heterocycles. The Bertz CT molecular complexity index is 698. The zero-order chi connectivity index (χ0) is 16.9. The Morgan fingerprint density at radius 3 is 2.58 bits per heavy atom. The number of urea groups is 1. The maximum absolute atomic E-state index is 12.9. The number of likely N-dealkylation sites (tertiary alicyclic amines) is 1. The van der Waals surface area contributed by atoms with Crippen LogP contribution in [0.25, 0.3) is 0 Å². The van der Waals surface area contributed by atoms with Crippen LogP contribution in [0.4, 0.5) is 20.7 Å². The molecular formula is C17H20FN5O. The zero-order valence-electron chi connectivity index (χ0n) is 13.5. The van der Waals surface area contributed by atoms with E-state index in [0.29, 0.717) is 18.8 Å². The van der Waals surface area contributed by atoms with Gasteiger partial charge in [-0.15, -0.1) is 0 Å². The van der Waals surface area contributed by atoms with Gasteiger partial charge in [0.05, 0.1) is 0 Å². The Labute approximate surface area is 140 Å². The van der Waals surface area contributed by atoms with Crippen molar-refractivity contribution < 1.29 is 9.18 Å². The van der Waals surface area contributed by atoms with Crippen LogP contribution in [-0.2, 0) is 0 Å². The highest BCUT2D eigenvalue weighted by Gasteiger charge is 2.23. The number of piperidine rings is 1. The van der Waals surface area contributed by atoms with E-state index in [2.05, 4.69) is 20.6 Å². The summed E-state index contributed by atoms with van der Waals surface area (Å²) in [7, 11) is 0. The number of benzene rings is 1. The van der Waals surface area contributed by atoms with Crippen molar-refractivity contribution in [2.24, 2.45) is 0 Å². The molecule has 2 amide bonds. The van der Waals surface area contributed by atoms with Gasteiger partial charge in [0.1, 0.15) is 18.0 Å². The van der Waals surface area contributed by atoms with Crippen molar-refractivity contribution in [2.45, 2.75) is 25.8 Å². The molecule has 24 heavy (non-hydrogen) atoms. The molecule has 0 bridgehead atoms. The number of carbonyl (C=O) groups is 1. The number of halogens is 1. The van der Waals surface area contributed by atoms with Crippen molar-refractivity contribution in [3.05, 3.63) is 48.2 Å². The molecule has 3 rings (SSSR count). The Hall–Kier alpha value is -2.70. The summed E-state index contributed by atoms with van der Waals surface area (Å²) in [6.07, 6.45) is 3.24. The second kappa shape index (κ2) is 7.25. The molecule has 126 valence electrons. The number of rotatable bonds is 3. The van der Waals surface area contributed by atoms with Gasteiger partial charge in [-0.1, -0.05) is 0 Å². The Kier molecular flexibility index (Phi) is 4.88. The van der Waals surface area contributed by atoms with Gasteiger partial charge in [-0.25, -0.2) is 19.2 Å². The summed E-state index contributed by atoms with van der Waals surface area (Å²) in [5.74, 6) is 0.497. The standard InChI is InChI=1S/C17H20FN5O/c1-12-10-16(20-11-19-12)21-15-6-8-23(9-7-15)17(24)22-14-4-2-13(18)3-5-14/h2-5,10-11,15H,6-9H2,1H3,(H,22,24)(H,19,20,21). The van der Waals surface area contributed by atoms with Crippen molar-refractivity contribution in [2.75, 3.05) is 23.7 Å². The third kappa shape index (κ3) is 4.18. The van der Waals surface area contributed by atoms with E-state index >= 15 is 0 Å². The van der Waals surface area contributed by atoms with E-state index in [1.165, 1.54) is 12.1 Å². The highest BCUT2D eigenvalue weighted by Crippen LogP contribution is 2.17. The van der Waals surface area contributed by atoms with Crippen LogP contribution in [0.15, 0.2) is 36.7 Å². The number of nitrogens with zero attached hydrogens (tertiary/aromatic N) is 3. The number of anilines is 2. The minimum atomic E-state index is -0.320. The van der Waals surface area contributed by atoms with Crippen LogP contribution in [0.3, 0.4) is 0 Å². The number of hydrogen-bond donors (Lipinski definition) is 2. The van der Waals surface area contributed by atoms with Gasteiger partial charge < -0.3 is 15.5 Å². The molecule has 1 aliphatic rings. The van der Waals surface area contributed by atoms with E-state index in [9.17, 15) is 9.18 Å². The SMILES string of the molecule is Cc1cc(NC2CCN(C(=O)Nc3ccc(F)cc3)CC2)ncn1. The first-order valence-corrected chi connectivity index (χ1v) is 7.97. The average molecular weight is 329 g/mol. The molecule has 1 fully saturated rings. The molecule has 2 aromatic rings. The minimum Gasteiger partial charge on any atom is -0.367 e. The van der Waals surface area contributed by atoms with Crippen LogP contribution in [0.1, 0.15) is 18.5 Å². The summed E-state index contributed by atoms with van der Waals surface area (Å²) < 4.78 is 12.9. The summed E-state index contributed by atoms with van der Waals surface area (Å²) in [4.78, 5) is 22.3. The van der Waals surface area contributed by atoms with Gasteiger partial charge in [-0.05, 0) is 44.0 Å². The molecule has 0 atom stereocenters. The summed E-state index contributed by atoms with van der Waals surface area (Å²) in [6, 6.07) is 7.81. The Balaban J connectivity index is 1.49. The second-order valence-electron chi connectivity index (χ2n) is 5.89. The lowest BCUT2D eigenvalue weighted by Gasteiger charge is -2.32. The van der Waals surface area contributed by atoms with Crippen molar-refractivity contribution in [1.82, 2.24) is 14.9 Å². The fourth-order valence-electron chi connectivity index (χ4n) is 2.71. The topological polar surface area (TPSA) is 70.2 Å². The van der Waals surface area contributed by atoms with Crippen molar-refractivity contribution in [3.8, 4) is 0 Å². The number of carbonyl (C=O) groups excluding carboxylic acids is 1. The van der Waals surface area contributed by atoms with Crippen molar-refractivity contribution >= 4 is 17.5 Å². The average Bonchev–Trinajstić information content (AvgIpc) is 2.57. The third-order valence-corrected chi connectivity index (χ3v) is 4.03. The van der Waals surface area contributed by atoms with Crippen molar-refractivity contribution in [1.29, 1.82) is 0 Å². The van der Waals surface area contributed by atoms with Gasteiger partial charge >= 0.3 is 6.03 Å². The van der Waals surface area contributed by atoms with Crippen molar-refractivity contribution in [3.63, 3.8) is 0 Å². The monoisotopic (exact) mass is 329 g/mol. The number of aromatic nitrogens is 2. The van der Waals surface area contributed by atoms with Crippen LogP contribution < -0.4 is 10.6 Å². The van der Waals surface area contributed by atoms with E-state index in [1.807, 2.05) is 13.0 Å². The van der Waals surface area contributed by atoms with E-state index in [1.54, 1.807) is 23.4 Å². The summed E-state index contributed by atoms with van der Waals surface area (Å²) in [5.41, 5.74) is 1.52. The predicted molar refractivity (Wildman–Crippen MR) is 90.4 cm³/mol. The number of nitrogens with one attached hydrogen (secondary N) is 2. The molecule has 2 N–H and O–H groups in total. The lowest BCUT2D eigenvalue weighted by Crippen LogP contribution is -2.44. The van der Waals surface area contributed by atoms with Crippen LogP contribution in [0.2, 0.25) is 0 Å². The highest BCUT2D eigenvalue weighted by atomic mass is 19.1. The quantitative estimate of drug-likeness (QED) is 0.908. The van der Waals surface area contributed by atoms with E-state index in [-0.39, 0.29) is 17.9 Å². The first-order chi connectivity index (χ1) is 11.6. The van der Waals surface area contributed by atoms with E-state index in [0.717, 1.165) is 24.4 Å². The molecule has 0 radical (unpaired) electrons. The minimum absolute atomic E-state index is 0.155.